The van der Waals surface area contributed by atoms with E-state index in [1.807, 2.05) is 19.9 Å². The fraction of sp³-hybridized carbons (Fsp3) is 0.500. The second-order valence-electron chi connectivity index (χ2n) is 10.2. The van der Waals surface area contributed by atoms with Crippen LogP contribution in [0.5, 0.6) is 0 Å². The van der Waals surface area contributed by atoms with E-state index in [-0.39, 0.29) is 0 Å². The molecule has 1 aromatic rings. The highest BCUT2D eigenvalue weighted by molar-refractivity contribution is 6.76. The molecule has 0 unspecified atom stereocenters. The molecule has 8 heteroatoms. The highest BCUT2D eigenvalue weighted by atomic mass is 28.3. The Morgan fingerprint density at radius 1 is 0.933 bits per heavy atom. The van der Waals surface area contributed by atoms with Crippen LogP contribution in [0.3, 0.4) is 0 Å². The van der Waals surface area contributed by atoms with Crippen molar-refractivity contribution in [1.29, 1.82) is 0 Å². The molecule has 6 nitrogen and oxygen atoms in total. The van der Waals surface area contributed by atoms with Crippen LogP contribution >= 0.6 is 0 Å². The Balaban J connectivity index is 2.47. The van der Waals surface area contributed by atoms with Crippen LogP contribution in [0.15, 0.2) is 47.1 Å². The molecule has 0 bridgehead atoms. The Hall–Kier alpha value is -2.20. The van der Waals surface area contributed by atoms with Gasteiger partial charge in [0.25, 0.3) is 0 Å². The van der Waals surface area contributed by atoms with Crippen LogP contribution in [0, 0.1) is 0 Å². The Morgan fingerprint density at radius 2 is 1.40 bits per heavy atom. The van der Waals surface area contributed by atoms with E-state index < -0.39 is 34.0 Å². The number of hydrogen-bond donors (Lipinski definition) is 1. The number of ether oxygens (including phenoxy) is 2. The highest BCUT2D eigenvalue weighted by Crippen LogP contribution is 2.39. The summed E-state index contributed by atoms with van der Waals surface area (Å²) in [5.41, 5.74) is 3.00. The van der Waals surface area contributed by atoms with Crippen LogP contribution in [-0.2, 0) is 19.1 Å². The molecule has 164 valence electrons. The predicted octanol–water partition coefficient (Wildman–Crippen LogP) is 4.16. The van der Waals surface area contributed by atoms with Crippen molar-refractivity contribution < 1.29 is 19.1 Å². The van der Waals surface area contributed by atoms with Crippen molar-refractivity contribution >= 4 is 28.1 Å². The molecule has 30 heavy (non-hydrogen) atoms. The zero-order valence-corrected chi connectivity index (χ0v) is 21.4. The maximum absolute atomic E-state index is 13.1. The molecule has 1 aliphatic rings. The Bertz CT molecular complexity index is 813. The third kappa shape index (κ3) is 6.40. The minimum absolute atomic E-state index is 0.403. The lowest BCUT2D eigenvalue weighted by Gasteiger charge is -2.31. The zero-order valence-electron chi connectivity index (χ0n) is 19.4. The summed E-state index contributed by atoms with van der Waals surface area (Å²) < 4.78 is 11.4. The summed E-state index contributed by atoms with van der Waals surface area (Å²) in [7, 11) is -3.18. The fourth-order valence-corrected chi connectivity index (χ4v) is 4.26. The van der Waals surface area contributed by atoms with E-state index in [2.05, 4.69) is 49.6 Å². The van der Waals surface area contributed by atoms with Crippen molar-refractivity contribution in [2.45, 2.75) is 59.0 Å². The van der Waals surface area contributed by atoms with Gasteiger partial charge in [-0.15, -0.1) is 0 Å². The first-order valence-corrected chi connectivity index (χ1v) is 17.6. The number of esters is 2. The molecular weight excluding hydrogens is 412 g/mol. The average molecular weight is 447 g/mol. The molecule has 0 saturated carbocycles. The van der Waals surface area contributed by atoms with Crippen LogP contribution in [0.1, 0.15) is 25.3 Å². The molecule has 0 fully saturated rings. The molecule has 1 aliphatic heterocycles. The molecule has 0 radical (unpaired) electrons. The van der Waals surface area contributed by atoms with Gasteiger partial charge in [-0.05, 0) is 25.5 Å². The Kier molecular flexibility index (Phi) is 7.46. The maximum Gasteiger partial charge on any atom is 0.336 e. The highest BCUT2D eigenvalue weighted by Gasteiger charge is 2.38. The van der Waals surface area contributed by atoms with Gasteiger partial charge in [0.2, 0.25) is 0 Å². The summed E-state index contributed by atoms with van der Waals surface area (Å²) in [5.74, 6) is -1.39. The SMILES string of the molecule is CC1=C(C(=O)OC[Si](C)(C)C)C(c2cccnc2)C(C(=O)OC[Si](C)(C)C)=C(C)N1. The smallest absolute Gasteiger partial charge is 0.336 e. The summed E-state index contributed by atoms with van der Waals surface area (Å²) in [6.45, 7) is 16.5. The summed E-state index contributed by atoms with van der Waals surface area (Å²) >= 11 is 0. The van der Waals surface area contributed by atoms with E-state index in [0.29, 0.717) is 35.0 Å². The molecule has 0 amide bonds. The lowest BCUT2D eigenvalue weighted by molar-refractivity contribution is -0.138. The van der Waals surface area contributed by atoms with Gasteiger partial charge in [-0.3, -0.25) is 4.98 Å². The molecular formula is C22H34N2O4Si2. The first-order valence-electron chi connectivity index (χ1n) is 10.2. The molecule has 0 aromatic carbocycles. The number of hydrogen-bond acceptors (Lipinski definition) is 6. The number of pyridine rings is 1. The average Bonchev–Trinajstić information content (AvgIpc) is 2.63. The number of carbonyl (C=O) groups is 2. The molecule has 1 aromatic heterocycles. The number of aromatic nitrogens is 1. The lowest BCUT2D eigenvalue weighted by Crippen LogP contribution is -2.36. The van der Waals surface area contributed by atoms with Gasteiger partial charge in [-0.25, -0.2) is 9.59 Å². The van der Waals surface area contributed by atoms with Gasteiger partial charge < -0.3 is 14.8 Å². The fourth-order valence-electron chi connectivity index (χ4n) is 3.13. The van der Waals surface area contributed by atoms with Gasteiger partial charge in [0.05, 0.1) is 45.7 Å². The van der Waals surface area contributed by atoms with Crippen LogP contribution in [-0.4, -0.2) is 45.5 Å². The van der Waals surface area contributed by atoms with Crippen LogP contribution in [0.2, 0.25) is 39.3 Å². The number of allylic oxidation sites excluding steroid dienone is 2. The predicted molar refractivity (Wildman–Crippen MR) is 124 cm³/mol. The van der Waals surface area contributed by atoms with Gasteiger partial charge in [-0.1, -0.05) is 45.3 Å². The lowest BCUT2D eigenvalue weighted by atomic mass is 9.81. The molecule has 0 spiro atoms. The first-order chi connectivity index (χ1) is 13.8. The summed E-state index contributed by atoms with van der Waals surface area (Å²) in [6.07, 6.45) is 4.19. The topological polar surface area (TPSA) is 77.5 Å². The largest absolute Gasteiger partial charge is 0.466 e. The van der Waals surface area contributed by atoms with Gasteiger partial charge >= 0.3 is 11.9 Å². The Labute approximate surface area is 181 Å². The number of nitrogens with one attached hydrogen (secondary N) is 1. The van der Waals surface area contributed by atoms with Crippen molar-refractivity contribution in [3.8, 4) is 0 Å². The van der Waals surface area contributed by atoms with E-state index in [1.54, 1.807) is 18.5 Å². The van der Waals surface area contributed by atoms with Gasteiger partial charge in [0.1, 0.15) is 0 Å². The minimum atomic E-state index is -1.59. The number of carbonyl (C=O) groups excluding carboxylic acids is 2. The third-order valence-electron chi connectivity index (χ3n) is 4.49. The number of rotatable bonds is 7. The van der Waals surface area contributed by atoms with E-state index in [0.717, 1.165) is 5.56 Å². The van der Waals surface area contributed by atoms with Gasteiger partial charge in [0.15, 0.2) is 0 Å². The summed E-state index contributed by atoms with van der Waals surface area (Å²) in [5, 5.41) is 3.20. The number of dihydropyridines is 1. The molecule has 2 rings (SSSR count). The van der Waals surface area contributed by atoms with Crippen LogP contribution in [0.25, 0.3) is 0 Å². The molecule has 0 aliphatic carbocycles. The molecule has 0 atom stereocenters. The van der Waals surface area contributed by atoms with Crippen molar-refractivity contribution in [2.75, 3.05) is 12.5 Å². The first kappa shape index (κ1) is 24.1. The zero-order chi connectivity index (χ0) is 22.7. The quantitative estimate of drug-likeness (QED) is 0.501. The van der Waals surface area contributed by atoms with Crippen LogP contribution in [0.4, 0.5) is 0 Å². The van der Waals surface area contributed by atoms with Crippen molar-refractivity contribution in [3.05, 3.63) is 52.6 Å². The van der Waals surface area contributed by atoms with E-state index in [1.165, 1.54) is 0 Å². The number of nitrogens with zero attached hydrogens (tertiary/aromatic N) is 1. The van der Waals surface area contributed by atoms with Crippen molar-refractivity contribution in [1.82, 2.24) is 10.3 Å². The van der Waals surface area contributed by atoms with E-state index in [9.17, 15) is 9.59 Å². The summed E-state index contributed by atoms with van der Waals surface area (Å²) in [4.78, 5) is 30.5. The van der Waals surface area contributed by atoms with E-state index >= 15 is 0 Å². The van der Waals surface area contributed by atoms with Gasteiger partial charge in [-0.2, -0.15) is 0 Å². The molecule has 2 heterocycles. The van der Waals surface area contributed by atoms with Crippen molar-refractivity contribution in [3.63, 3.8) is 0 Å². The molecule has 1 N–H and O–H groups in total. The second kappa shape index (κ2) is 9.30. The summed E-state index contributed by atoms with van der Waals surface area (Å²) in [6, 6.07) is 3.68. The normalized spacial score (nSPS) is 15.7. The molecule has 0 saturated heterocycles. The third-order valence-corrected chi connectivity index (χ3v) is 6.51. The minimum Gasteiger partial charge on any atom is -0.466 e. The van der Waals surface area contributed by atoms with Crippen molar-refractivity contribution in [2.24, 2.45) is 0 Å². The Morgan fingerprint density at radius 3 is 1.77 bits per heavy atom. The van der Waals surface area contributed by atoms with E-state index in [4.69, 9.17) is 9.47 Å². The van der Waals surface area contributed by atoms with Gasteiger partial charge in [0, 0.05) is 23.8 Å². The van der Waals surface area contributed by atoms with Crippen LogP contribution < -0.4 is 5.32 Å². The second-order valence-corrected chi connectivity index (χ2v) is 21.0. The monoisotopic (exact) mass is 446 g/mol. The standard InChI is InChI=1S/C22H34N2O4Si2/c1-15-18(21(25)27-13-29(3,4)5)20(17-10-9-11-23-12-17)19(16(2)24-15)22(26)28-14-30(6,7)8/h9-12,20,24H,13-14H2,1-8H3. The maximum atomic E-state index is 13.1.